The summed E-state index contributed by atoms with van der Waals surface area (Å²) >= 11 is 5.57. The summed E-state index contributed by atoms with van der Waals surface area (Å²) in [7, 11) is 0. The van der Waals surface area contributed by atoms with Crippen LogP contribution >= 0.6 is 38.5 Å². The molecule has 2 rings (SSSR count). The molecule has 0 unspecified atom stereocenters. The lowest BCUT2D eigenvalue weighted by atomic mass is 10.1. The van der Waals surface area contributed by atoms with Crippen LogP contribution in [0.15, 0.2) is 47.2 Å². The van der Waals surface area contributed by atoms with Gasteiger partial charge in [0.2, 0.25) is 0 Å². The Kier molecular flexibility index (Phi) is 3.70. The van der Waals surface area contributed by atoms with Gasteiger partial charge in [0.05, 0.1) is 0 Å². The molecular weight excluding hydrogens is 381 g/mol. The maximum Gasteiger partial charge on any atom is 0.195 e. The summed E-state index contributed by atoms with van der Waals surface area (Å²) in [6.07, 6.45) is 3.23. The lowest BCUT2D eigenvalue weighted by molar-refractivity contribution is 0.103. The summed E-state index contributed by atoms with van der Waals surface area (Å²) in [5.74, 6) is -0.0153. The zero-order chi connectivity index (χ0) is 11.5. The van der Waals surface area contributed by atoms with Gasteiger partial charge < -0.3 is 0 Å². The number of hydrogen-bond acceptors (Lipinski definition) is 2. The van der Waals surface area contributed by atoms with Crippen molar-refractivity contribution >= 4 is 44.3 Å². The Morgan fingerprint density at radius 1 is 1.31 bits per heavy atom. The fraction of sp³-hybridized carbons (Fsp3) is 0. The van der Waals surface area contributed by atoms with Crippen LogP contribution in [-0.2, 0) is 0 Å². The van der Waals surface area contributed by atoms with Crippen LogP contribution in [0.4, 0.5) is 0 Å². The maximum absolute atomic E-state index is 12.1. The van der Waals surface area contributed by atoms with Crippen LogP contribution in [-0.4, -0.2) is 10.8 Å². The molecule has 0 radical (unpaired) electrons. The highest BCUT2D eigenvalue weighted by Gasteiger charge is 2.12. The van der Waals surface area contributed by atoms with E-state index >= 15 is 0 Å². The first-order chi connectivity index (χ1) is 7.68. The predicted octanol–water partition coefficient (Wildman–Crippen LogP) is 3.68. The predicted molar refractivity (Wildman–Crippen MR) is 74.5 cm³/mol. The molecule has 0 bridgehead atoms. The Morgan fingerprint density at radius 2 is 2.12 bits per heavy atom. The summed E-state index contributed by atoms with van der Waals surface area (Å²) in [5.41, 5.74) is 1.27. The topological polar surface area (TPSA) is 30.0 Å². The molecular formula is C12H7BrINO. The molecule has 0 N–H and O–H groups in total. The van der Waals surface area contributed by atoms with E-state index in [0.717, 1.165) is 8.04 Å². The number of carbonyl (C=O) groups is 1. The average molecular weight is 388 g/mol. The van der Waals surface area contributed by atoms with Crippen LogP contribution < -0.4 is 0 Å². The second-order valence-electron chi connectivity index (χ2n) is 3.19. The van der Waals surface area contributed by atoms with Crippen LogP contribution in [0.1, 0.15) is 15.9 Å². The first-order valence-electron chi connectivity index (χ1n) is 4.58. The van der Waals surface area contributed by atoms with Gasteiger partial charge >= 0.3 is 0 Å². The number of halogens is 2. The van der Waals surface area contributed by atoms with Crippen LogP contribution in [0.25, 0.3) is 0 Å². The van der Waals surface area contributed by atoms with E-state index in [9.17, 15) is 4.79 Å². The largest absolute Gasteiger partial charge is 0.289 e. The normalized spacial score (nSPS) is 10.1. The minimum Gasteiger partial charge on any atom is -0.289 e. The summed E-state index contributed by atoms with van der Waals surface area (Å²) in [6.45, 7) is 0. The van der Waals surface area contributed by atoms with Crippen molar-refractivity contribution < 1.29 is 4.79 Å². The summed E-state index contributed by atoms with van der Waals surface area (Å²) in [4.78, 5) is 16.1. The Bertz CT molecular complexity index is 528. The van der Waals surface area contributed by atoms with E-state index in [-0.39, 0.29) is 5.78 Å². The minimum absolute atomic E-state index is 0.0153. The Morgan fingerprint density at radius 3 is 2.81 bits per heavy atom. The van der Waals surface area contributed by atoms with Crippen molar-refractivity contribution in [3.63, 3.8) is 0 Å². The van der Waals surface area contributed by atoms with Crippen molar-refractivity contribution in [1.29, 1.82) is 0 Å². The van der Waals surface area contributed by atoms with Crippen LogP contribution in [0.5, 0.6) is 0 Å². The monoisotopic (exact) mass is 387 g/mol. The second-order valence-corrected chi connectivity index (χ2v) is 5.29. The van der Waals surface area contributed by atoms with Crippen LogP contribution in [0, 0.1) is 3.57 Å². The number of carbonyl (C=O) groups excluding carboxylic acids is 1. The fourth-order valence-corrected chi connectivity index (χ4v) is 2.24. The minimum atomic E-state index is -0.0153. The van der Waals surface area contributed by atoms with Gasteiger partial charge in [0.25, 0.3) is 0 Å². The highest BCUT2D eigenvalue weighted by Crippen LogP contribution is 2.22. The molecule has 0 fully saturated rings. The zero-order valence-electron chi connectivity index (χ0n) is 8.15. The van der Waals surface area contributed by atoms with Gasteiger partial charge in [-0.1, -0.05) is 15.9 Å². The molecule has 0 saturated heterocycles. The molecule has 1 heterocycles. The summed E-state index contributed by atoms with van der Waals surface area (Å²) in [6, 6.07) is 9.21. The highest BCUT2D eigenvalue weighted by atomic mass is 127. The number of nitrogens with zero attached hydrogens (tertiary/aromatic N) is 1. The molecule has 4 heteroatoms. The zero-order valence-corrected chi connectivity index (χ0v) is 11.9. The first kappa shape index (κ1) is 11.7. The lowest BCUT2D eigenvalue weighted by Gasteiger charge is -2.04. The third-order valence-electron chi connectivity index (χ3n) is 2.10. The summed E-state index contributed by atoms with van der Waals surface area (Å²) in [5, 5.41) is 0. The molecule has 2 aromatic rings. The van der Waals surface area contributed by atoms with E-state index in [0.29, 0.717) is 11.1 Å². The molecule has 2 nitrogen and oxygen atoms in total. The van der Waals surface area contributed by atoms with Gasteiger partial charge in [-0.05, 0) is 52.9 Å². The number of rotatable bonds is 2. The van der Waals surface area contributed by atoms with Gasteiger partial charge in [0.1, 0.15) is 0 Å². The molecule has 0 saturated carbocycles. The molecule has 0 amide bonds. The van der Waals surface area contributed by atoms with E-state index in [1.54, 1.807) is 24.5 Å². The smallest absolute Gasteiger partial charge is 0.195 e. The molecule has 1 aromatic heterocycles. The van der Waals surface area contributed by atoms with Crippen LogP contribution in [0.2, 0.25) is 0 Å². The van der Waals surface area contributed by atoms with Gasteiger partial charge in [-0.3, -0.25) is 9.78 Å². The van der Waals surface area contributed by atoms with Gasteiger partial charge in [-0.15, -0.1) is 0 Å². The van der Waals surface area contributed by atoms with Crippen molar-refractivity contribution in [2.45, 2.75) is 0 Å². The van der Waals surface area contributed by atoms with E-state index in [4.69, 9.17) is 0 Å². The van der Waals surface area contributed by atoms with E-state index in [1.807, 2.05) is 18.2 Å². The maximum atomic E-state index is 12.1. The van der Waals surface area contributed by atoms with E-state index in [1.165, 1.54) is 0 Å². The number of aromatic nitrogens is 1. The average Bonchev–Trinajstić information content (AvgIpc) is 2.32. The summed E-state index contributed by atoms with van der Waals surface area (Å²) < 4.78 is 1.84. The number of benzene rings is 1. The van der Waals surface area contributed by atoms with Crippen molar-refractivity contribution in [2.75, 3.05) is 0 Å². The standard InChI is InChI=1S/C12H7BrINO/c13-11-4-3-9(14)6-10(11)12(16)8-2-1-5-15-7-8/h1-7H. The molecule has 80 valence electrons. The quantitative estimate of drug-likeness (QED) is 0.581. The number of ketones is 1. The molecule has 0 aliphatic rings. The number of hydrogen-bond donors (Lipinski definition) is 0. The third kappa shape index (κ3) is 2.49. The fourth-order valence-electron chi connectivity index (χ4n) is 1.32. The molecule has 0 aliphatic carbocycles. The van der Waals surface area contributed by atoms with Gasteiger partial charge in [-0.25, -0.2) is 0 Å². The lowest BCUT2D eigenvalue weighted by Crippen LogP contribution is -2.03. The Labute approximate surface area is 115 Å². The Hall–Kier alpha value is -0.750. The van der Waals surface area contributed by atoms with Gasteiger partial charge in [0.15, 0.2) is 5.78 Å². The number of pyridine rings is 1. The van der Waals surface area contributed by atoms with E-state index < -0.39 is 0 Å². The SMILES string of the molecule is O=C(c1cccnc1)c1cc(I)ccc1Br. The highest BCUT2D eigenvalue weighted by molar-refractivity contribution is 14.1. The molecule has 16 heavy (non-hydrogen) atoms. The van der Waals surface area contributed by atoms with Crippen molar-refractivity contribution in [3.05, 3.63) is 61.9 Å². The van der Waals surface area contributed by atoms with Gasteiger partial charge in [0, 0.05) is 31.6 Å². The molecule has 0 spiro atoms. The Balaban J connectivity index is 2.46. The first-order valence-corrected chi connectivity index (χ1v) is 6.45. The molecule has 1 aromatic carbocycles. The second kappa shape index (κ2) is 5.05. The van der Waals surface area contributed by atoms with E-state index in [2.05, 4.69) is 43.5 Å². The molecule has 0 aliphatic heterocycles. The van der Waals surface area contributed by atoms with Crippen molar-refractivity contribution in [3.8, 4) is 0 Å². The third-order valence-corrected chi connectivity index (χ3v) is 3.46. The van der Waals surface area contributed by atoms with Crippen LogP contribution in [0.3, 0.4) is 0 Å². The van der Waals surface area contributed by atoms with Crippen molar-refractivity contribution in [1.82, 2.24) is 4.98 Å². The van der Waals surface area contributed by atoms with Crippen molar-refractivity contribution in [2.24, 2.45) is 0 Å². The molecule has 0 atom stereocenters. The van der Waals surface area contributed by atoms with Gasteiger partial charge in [-0.2, -0.15) is 0 Å².